The Morgan fingerprint density at radius 3 is 1.74 bits per heavy atom. The smallest absolute Gasteiger partial charge is 0.324 e. The molecule has 0 radical (unpaired) electrons. The Labute approximate surface area is 131 Å². The molecular weight excluding hydrogens is 294 g/mol. The van der Waals surface area contributed by atoms with Crippen LogP contribution in [-0.4, -0.2) is 28.2 Å². The van der Waals surface area contributed by atoms with Crippen molar-refractivity contribution in [2.45, 2.75) is 18.4 Å². The number of carbonyl (C=O) groups excluding carboxylic acids is 2. The van der Waals surface area contributed by atoms with Gasteiger partial charge in [-0.3, -0.25) is 14.4 Å². The van der Waals surface area contributed by atoms with Crippen LogP contribution in [0.3, 0.4) is 0 Å². The van der Waals surface area contributed by atoms with Crippen LogP contribution in [0.5, 0.6) is 0 Å². The summed E-state index contributed by atoms with van der Waals surface area (Å²) in [5.74, 6) is -1.49. The molecule has 0 aliphatic heterocycles. The van der Waals surface area contributed by atoms with Crippen LogP contribution < -0.4 is 5.73 Å². The molecule has 0 atom stereocenters. The Hall–Kier alpha value is -2.79. The van der Waals surface area contributed by atoms with Crippen molar-refractivity contribution in [3.8, 4) is 0 Å². The topological polar surface area (TPSA) is 97.5 Å². The zero-order valence-corrected chi connectivity index (χ0v) is 12.1. The molecule has 2 aliphatic rings. The summed E-state index contributed by atoms with van der Waals surface area (Å²) in [6.45, 7) is 0. The summed E-state index contributed by atoms with van der Waals surface area (Å²) in [7, 11) is 0. The van der Waals surface area contributed by atoms with Gasteiger partial charge < -0.3 is 10.8 Å². The molecule has 3 N–H and O–H groups in total. The summed E-state index contributed by atoms with van der Waals surface area (Å²) >= 11 is 0. The van der Waals surface area contributed by atoms with Gasteiger partial charge in [-0.1, -0.05) is 24.3 Å². The van der Waals surface area contributed by atoms with E-state index in [2.05, 4.69) is 0 Å². The molecule has 2 aliphatic carbocycles. The molecule has 0 saturated carbocycles. The third-order valence-electron chi connectivity index (χ3n) is 4.68. The van der Waals surface area contributed by atoms with Gasteiger partial charge in [0.05, 0.1) is 0 Å². The average Bonchev–Trinajstić information content (AvgIpc) is 2.88. The Kier molecular flexibility index (Phi) is 2.63. The van der Waals surface area contributed by atoms with E-state index in [1.54, 1.807) is 36.4 Å². The molecule has 4 rings (SSSR count). The number of carboxylic acids is 1. The molecule has 0 bridgehead atoms. The second-order valence-corrected chi connectivity index (χ2v) is 6.19. The highest BCUT2D eigenvalue weighted by Crippen LogP contribution is 2.35. The van der Waals surface area contributed by atoms with Crippen LogP contribution in [0.1, 0.15) is 43.0 Å². The van der Waals surface area contributed by atoms with Crippen LogP contribution in [0, 0.1) is 0 Å². The highest BCUT2D eigenvalue weighted by Gasteiger charge is 2.42. The number of hydrogen-bond acceptors (Lipinski definition) is 4. The second kappa shape index (κ2) is 4.36. The van der Waals surface area contributed by atoms with E-state index in [0.29, 0.717) is 22.3 Å². The van der Waals surface area contributed by atoms with Gasteiger partial charge in [0.15, 0.2) is 11.6 Å². The van der Waals surface area contributed by atoms with Gasteiger partial charge in [0.1, 0.15) is 5.54 Å². The number of nitrogens with two attached hydrogens (primary N) is 1. The van der Waals surface area contributed by atoms with Crippen LogP contribution in [0.2, 0.25) is 0 Å². The zero-order chi connectivity index (χ0) is 16.4. The minimum Gasteiger partial charge on any atom is -0.480 e. The molecule has 0 aromatic heterocycles. The second-order valence-electron chi connectivity index (χ2n) is 6.19. The summed E-state index contributed by atoms with van der Waals surface area (Å²) < 4.78 is 0. The number of aliphatic carboxylic acids is 1. The lowest BCUT2D eigenvalue weighted by atomic mass is 9.82. The van der Waals surface area contributed by atoms with E-state index in [9.17, 15) is 19.5 Å². The Morgan fingerprint density at radius 2 is 1.35 bits per heavy atom. The number of ketones is 2. The van der Waals surface area contributed by atoms with E-state index in [1.165, 1.54) is 0 Å². The number of carboxylic acid groups (broad SMARTS) is 1. The van der Waals surface area contributed by atoms with Crippen molar-refractivity contribution in [2.24, 2.45) is 5.73 Å². The molecule has 2 aromatic rings. The van der Waals surface area contributed by atoms with Gasteiger partial charge in [0.2, 0.25) is 0 Å². The summed E-state index contributed by atoms with van der Waals surface area (Å²) in [5, 5.41) is 9.30. The molecule has 0 saturated heterocycles. The zero-order valence-electron chi connectivity index (χ0n) is 12.1. The minimum absolute atomic E-state index is 0.161. The normalized spacial score (nSPS) is 17.4. The van der Waals surface area contributed by atoms with E-state index in [-0.39, 0.29) is 24.4 Å². The average molecular weight is 307 g/mol. The lowest BCUT2D eigenvalue weighted by Gasteiger charge is -2.18. The van der Waals surface area contributed by atoms with Crippen molar-refractivity contribution in [1.29, 1.82) is 0 Å². The Morgan fingerprint density at radius 1 is 0.913 bits per heavy atom. The van der Waals surface area contributed by atoms with Gasteiger partial charge >= 0.3 is 5.97 Å². The maximum atomic E-state index is 12.6. The fourth-order valence-corrected chi connectivity index (χ4v) is 3.46. The van der Waals surface area contributed by atoms with Gasteiger partial charge in [-0.15, -0.1) is 0 Å². The lowest BCUT2D eigenvalue weighted by molar-refractivity contribution is -0.142. The maximum Gasteiger partial charge on any atom is 0.324 e. The fraction of sp³-hybridized carbons (Fsp3) is 0.167. The van der Waals surface area contributed by atoms with Gasteiger partial charge in [-0.2, -0.15) is 0 Å². The van der Waals surface area contributed by atoms with Gasteiger partial charge in [-0.05, 0) is 23.3 Å². The van der Waals surface area contributed by atoms with Crippen LogP contribution in [0.4, 0.5) is 0 Å². The first-order valence-electron chi connectivity index (χ1n) is 7.27. The third-order valence-corrected chi connectivity index (χ3v) is 4.68. The standard InChI is InChI=1S/C18H13NO4/c19-18(17(22)23)7-9-5-13-14(6-10(9)8-18)16(21)12-4-2-1-3-11(12)15(13)20/h1-6H,7-8,19H2,(H,22,23). The van der Waals surface area contributed by atoms with Crippen LogP contribution in [0.25, 0.3) is 0 Å². The van der Waals surface area contributed by atoms with Crippen molar-refractivity contribution < 1.29 is 19.5 Å². The van der Waals surface area contributed by atoms with Gasteiger partial charge in [0, 0.05) is 35.1 Å². The molecule has 5 nitrogen and oxygen atoms in total. The van der Waals surface area contributed by atoms with Crippen LogP contribution in [-0.2, 0) is 17.6 Å². The number of carbonyl (C=O) groups is 3. The third kappa shape index (κ3) is 1.80. The first-order valence-corrected chi connectivity index (χ1v) is 7.27. The predicted molar refractivity (Wildman–Crippen MR) is 81.7 cm³/mol. The minimum atomic E-state index is -1.37. The quantitative estimate of drug-likeness (QED) is 0.707. The van der Waals surface area contributed by atoms with Crippen molar-refractivity contribution in [3.05, 3.63) is 69.8 Å². The molecule has 23 heavy (non-hydrogen) atoms. The molecule has 5 heteroatoms. The number of benzene rings is 2. The molecule has 0 unspecified atom stereocenters. The first-order chi connectivity index (χ1) is 10.9. The van der Waals surface area contributed by atoms with E-state index in [0.717, 1.165) is 11.1 Å². The predicted octanol–water partition coefficient (Wildman–Crippen LogP) is 1.34. The molecule has 0 heterocycles. The lowest BCUT2D eigenvalue weighted by Crippen LogP contribution is -2.48. The first kappa shape index (κ1) is 13.8. The molecule has 0 amide bonds. The Bertz CT molecular complexity index is 849. The highest BCUT2D eigenvalue weighted by molar-refractivity contribution is 6.28. The molecule has 114 valence electrons. The number of rotatable bonds is 1. The molecule has 0 spiro atoms. The van der Waals surface area contributed by atoms with Crippen molar-refractivity contribution >= 4 is 17.5 Å². The van der Waals surface area contributed by atoms with Crippen molar-refractivity contribution in [2.75, 3.05) is 0 Å². The summed E-state index contributed by atoms with van der Waals surface area (Å²) in [6, 6.07) is 9.98. The van der Waals surface area contributed by atoms with Gasteiger partial charge in [0.25, 0.3) is 0 Å². The number of fused-ring (bicyclic) bond motifs is 3. The van der Waals surface area contributed by atoms with Gasteiger partial charge in [-0.25, -0.2) is 0 Å². The summed E-state index contributed by atoms with van der Waals surface area (Å²) in [6.07, 6.45) is 0.322. The molecule has 0 fully saturated rings. The maximum absolute atomic E-state index is 12.6. The van der Waals surface area contributed by atoms with E-state index < -0.39 is 11.5 Å². The van der Waals surface area contributed by atoms with Crippen molar-refractivity contribution in [1.82, 2.24) is 0 Å². The summed E-state index contributed by atoms with van der Waals surface area (Å²) in [5.41, 5.74) is 7.48. The fourth-order valence-electron chi connectivity index (χ4n) is 3.46. The van der Waals surface area contributed by atoms with Crippen LogP contribution in [0.15, 0.2) is 36.4 Å². The monoisotopic (exact) mass is 307 g/mol. The molecule has 2 aromatic carbocycles. The van der Waals surface area contributed by atoms with Crippen molar-refractivity contribution in [3.63, 3.8) is 0 Å². The SMILES string of the molecule is NC1(C(=O)O)Cc2cc3c(cc2C1)C(=O)c1ccccc1C3=O. The van der Waals surface area contributed by atoms with Crippen LogP contribution >= 0.6 is 0 Å². The Balaban J connectivity index is 1.89. The summed E-state index contributed by atoms with van der Waals surface area (Å²) in [4.78, 5) is 36.7. The van der Waals surface area contributed by atoms with E-state index in [1.807, 2.05) is 0 Å². The highest BCUT2D eigenvalue weighted by atomic mass is 16.4. The largest absolute Gasteiger partial charge is 0.480 e. The molecular formula is C18H13NO4. The van der Waals surface area contributed by atoms with E-state index >= 15 is 0 Å². The number of hydrogen-bond donors (Lipinski definition) is 2. The van der Waals surface area contributed by atoms with E-state index in [4.69, 9.17) is 5.73 Å².